The summed E-state index contributed by atoms with van der Waals surface area (Å²) in [7, 11) is 3.51. The lowest BCUT2D eigenvalue weighted by atomic mass is 10.2. The number of ether oxygens (including phenoxy) is 2. The summed E-state index contributed by atoms with van der Waals surface area (Å²) in [6, 6.07) is 11.1. The normalized spacial score (nSPS) is 11.4. The summed E-state index contributed by atoms with van der Waals surface area (Å²) < 4.78 is 24.2. The zero-order valence-electron chi connectivity index (χ0n) is 25.5. The number of nitrogens with zero attached hydrogens (tertiary/aromatic N) is 3. The number of benzene rings is 2. The fourth-order valence-electron chi connectivity index (χ4n) is 3.86. The van der Waals surface area contributed by atoms with Gasteiger partial charge in [0.1, 0.15) is 35.1 Å². The van der Waals surface area contributed by atoms with E-state index >= 15 is 0 Å². The van der Waals surface area contributed by atoms with Crippen LogP contribution in [0.4, 0.5) is 37.9 Å². The summed E-state index contributed by atoms with van der Waals surface area (Å²) in [5, 5.41) is 11.8. The van der Waals surface area contributed by atoms with Gasteiger partial charge in [0, 0.05) is 36.6 Å². The van der Waals surface area contributed by atoms with Crippen molar-refractivity contribution < 1.29 is 23.5 Å². The quantitative estimate of drug-likeness (QED) is 0.117. The van der Waals surface area contributed by atoms with Crippen LogP contribution in [0.5, 0.6) is 5.75 Å². The molecule has 0 aliphatic carbocycles. The molecule has 0 unspecified atom stereocenters. The van der Waals surface area contributed by atoms with E-state index in [2.05, 4.69) is 36.1 Å². The van der Waals surface area contributed by atoms with E-state index in [9.17, 15) is 14.0 Å². The maximum absolute atomic E-state index is 13.5. The minimum atomic E-state index is -0.514. The zero-order valence-corrected chi connectivity index (χ0v) is 26.3. The lowest BCUT2D eigenvalue weighted by Crippen LogP contribution is -2.33. The molecule has 0 bridgehead atoms. The topological polar surface area (TPSA) is 130 Å². The second kappa shape index (κ2) is 16.4. The number of carbonyl (C=O) groups is 2. The molecule has 11 nitrogen and oxygen atoms in total. The van der Waals surface area contributed by atoms with Gasteiger partial charge in [-0.05, 0) is 83.6 Å². The van der Waals surface area contributed by atoms with E-state index in [0.29, 0.717) is 47.5 Å². The highest BCUT2D eigenvalue weighted by molar-refractivity contribution is 6.31. The van der Waals surface area contributed by atoms with Crippen LogP contribution >= 0.6 is 11.6 Å². The van der Waals surface area contributed by atoms with Crippen molar-refractivity contribution in [3.05, 3.63) is 71.8 Å². The number of alkyl carbamates (subject to hydrolysis) is 1. The van der Waals surface area contributed by atoms with Crippen LogP contribution < -0.4 is 26.0 Å². The molecular formula is C31H39ClFN7O4. The molecule has 1 aromatic heterocycles. The first-order valence-electron chi connectivity index (χ1n) is 14.0. The van der Waals surface area contributed by atoms with Gasteiger partial charge < -0.3 is 35.6 Å². The molecule has 3 aromatic rings. The van der Waals surface area contributed by atoms with Crippen molar-refractivity contribution in [2.75, 3.05) is 49.7 Å². The Balaban J connectivity index is 1.48. The molecule has 0 spiro atoms. The summed E-state index contributed by atoms with van der Waals surface area (Å²) in [5.41, 5.74) is 1.18. The first kappa shape index (κ1) is 34.1. The number of unbranched alkanes of at least 4 members (excludes halogenated alkanes) is 1. The van der Waals surface area contributed by atoms with Gasteiger partial charge in [0.05, 0.1) is 17.8 Å². The third-order valence-corrected chi connectivity index (χ3v) is 6.20. The van der Waals surface area contributed by atoms with Crippen LogP contribution in [-0.4, -0.2) is 66.3 Å². The maximum atomic E-state index is 13.5. The molecule has 0 atom stereocenters. The number of aromatic nitrogens is 2. The van der Waals surface area contributed by atoms with Crippen molar-refractivity contribution in [2.24, 2.45) is 0 Å². The van der Waals surface area contributed by atoms with Crippen molar-refractivity contribution in [3.8, 4) is 5.75 Å². The first-order chi connectivity index (χ1) is 20.9. The molecule has 0 aliphatic rings. The second-order valence-corrected chi connectivity index (χ2v) is 11.3. The predicted octanol–water partition coefficient (Wildman–Crippen LogP) is 6.50. The van der Waals surface area contributed by atoms with Crippen LogP contribution in [0.15, 0.2) is 60.9 Å². The molecule has 0 radical (unpaired) electrons. The van der Waals surface area contributed by atoms with Gasteiger partial charge in [-0.15, -0.1) is 0 Å². The molecule has 236 valence electrons. The monoisotopic (exact) mass is 627 g/mol. The SMILES string of the molecule is COc1ccc(NC(=O)C=CCN(C)CCCCNC(=O)OC(C)(C)C)cc1Nc1cc(Nc2ccc(F)c(Cl)c2)ncn1. The Kier molecular flexibility index (Phi) is 12.7. The number of rotatable bonds is 14. The Labute approximate surface area is 262 Å². The summed E-state index contributed by atoms with van der Waals surface area (Å²) >= 11 is 5.87. The van der Waals surface area contributed by atoms with E-state index < -0.39 is 17.5 Å². The van der Waals surface area contributed by atoms with Crippen LogP contribution in [0.25, 0.3) is 0 Å². The smallest absolute Gasteiger partial charge is 0.407 e. The maximum Gasteiger partial charge on any atom is 0.407 e. The van der Waals surface area contributed by atoms with E-state index in [4.69, 9.17) is 21.1 Å². The lowest BCUT2D eigenvalue weighted by molar-refractivity contribution is -0.111. The molecule has 13 heteroatoms. The number of carbonyl (C=O) groups excluding carboxylic acids is 2. The Hall–Kier alpha value is -4.42. The number of methoxy groups -OCH3 is 1. The lowest BCUT2D eigenvalue weighted by Gasteiger charge is -2.19. The van der Waals surface area contributed by atoms with E-state index in [0.717, 1.165) is 19.4 Å². The molecule has 44 heavy (non-hydrogen) atoms. The van der Waals surface area contributed by atoms with E-state index in [1.54, 1.807) is 43.5 Å². The van der Waals surface area contributed by atoms with E-state index in [1.807, 2.05) is 27.8 Å². The van der Waals surface area contributed by atoms with Crippen LogP contribution in [0.1, 0.15) is 33.6 Å². The third-order valence-electron chi connectivity index (χ3n) is 5.91. The molecule has 4 N–H and O–H groups in total. The van der Waals surface area contributed by atoms with Gasteiger partial charge in [0.2, 0.25) is 5.91 Å². The molecule has 1 heterocycles. The number of hydrogen-bond acceptors (Lipinski definition) is 9. The Morgan fingerprint density at radius 1 is 1.02 bits per heavy atom. The summed E-state index contributed by atoms with van der Waals surface area (Å²) in [6.07, 6.45) is 5.94. The Morgan fingerprint density at radius 3 is 2.45 bits per heavy atom. The average molecular weight is 628 g/mol. The molecule has 0 aliphatic heterocycles. The minimum absolute atomic E-state index is 0.00517. The molecule has 0 saturated carbocycles. The third kappa shape index (κ3) is 12.1. The van der Waals surface area contributed by atoms with Crippen molar-refractivity contribution >= 4 is 52.3 Å². The van der Waals surface area contributed by atoms with Gasteiger partial charge in [0.15, 0.2) is 0 Å². The zero-order chi connectivity index (χ0) is 32.1. The highest BCUT2D eigenvalue weighted by Gasteiger charge is 2.15. The number of nitrogens with one attached hydrogen (secondary N) is 4. The van der Waals surface area contributed by atoms with Gasteiger partial charge in [-0.3, -0.25) is 4.79 Å². The highest BCUT2D eigenvalue weighted by atomic mass is 35.5. The molecule has 2 aromatic carbocycles. The molecule has 3 rings (SSSR count). The predicted molar refractivity (Wildman–Crippen MR) is 172 cm³/mol. The van der Waals surface area contributed by atoms with Crippen LogP contribution in [0.2, 0.25) is 5.02 Å². The summed E-state index contributed by atoms with van der Waals surface area (Å²) in [6.45, 7) is 7.43. The van der Waals surface area contributed by atoms with Gasteiger partial charge in [0.25, 0.3) is 0 Å². The second-order valence-electron chi connectivity index (χ2n) is 10.9. The van der Waals surface area contributed by atoms with Gasteiger partial charge in [-0.2, -0.15) is 0 Å². The van der Waals surface area contributed by atoms with Crippen LogP contribution in [0, 0.1) is 5.82 Å². The number of amides is 2. The Morgan fingerprint density at radius 2 is 1.75 bits per heavy atom. The minimum Gasteiger partial charge on any atom is -0.495 e. The number of anilines is 5. The molecule has 2 amide bonds. The van der Waals surface area contributed by atoms with Crippen LogP contribution in [-0.2, 0) is 9.53 Å². The van der Waals surface area contributed by atoms with Crippen LogP contribution in [0.3, 0.4) is 0 Å². The van der Waals surface area contributed by atoms with Crippen molar-refractivity contribution in [3.63, 3.8) is 0 Å². The average Bonchev–Trinajstić information content (AvgIpc) is 2.94. The van der Waals surface area contributed by atoms with E-state index in [1.165, 1.54) is 24.5 Å². The standard InChI is InChI=1S/C31H39ClFN7O4/c1-31(2,3)44-30(42)34-14-6-7-15-40(4)16-8-9-29(41)38-22-11-13-26(43-5)25(18-22)39-28-19-27(35-20-36-28)37-21-10-12-24(33)23(32)17-21/h8-13,17-20H,6-7,14-16H2,1-5H3,(H,34,42)(H,38,41)(H2,35,36,37,39). The number of halogens is 2. The molecule has 0 saturated heterocycles. The molecule has 0 fully saturated rings. The fraction of sp³-hybridized carbons (Fsp3) is 0.355. The van der Waals surface area contributed by atoms with Crippen molar-refractivity contribution in [1.82, 2.24) is 20.2 Å². The van der Waals surface area contributed by atoms with E-state index in [-0.39, 0.29) is 10.9 Å². The fourth-order valence-corrected chi connectivity index (χ4v) is 4.04. The van der Waals surface area contributed by atoms with Crippen molar-refractivity contribution in [1.29, 1.82) is 0 Å². The van der Waals surface area contributed by atoms with Gasteiger partial charge >= 0.3 is 6.09 Å². The Bertz CT molecular complexity index is 1450. The summed E-state index contributed by atoms with van der Waals surface area (Å²) in [5.74, 6) is 0.673. The number of hydrogen-bond donors (Lipinski definition) is 4. The largest absolute Gasteiger partial charge is 0.495 e. The summed E-state index contributed by atoms with van der Waals surface area (Å²) in [4.78, 5) is 34.8. The molecular weight excluding hydrogens is 589 g/mol. The highest BCUT2D eigenvalue weighted by Crippen LogP contribution is 2.31. The van der Waals surface area contributed by atoms with Gasteiger partial charge in [-0.25, -0.2) is 19.2 Å². The van der Waals surface area contributed by atoms with Gasteiger partial charge in [-0.1, -0.05) is 17.7 Å². The van der Waals surface area contributed by atoms with Crippen molar-refractivity contribution in [2.45, 2.75) is 39.2 Å². The number of likely N-dealkylation sites (N-methyl/N-ethyl adjacent to an activating group) is 1. The first-order valence-corrected chi connectivity index (χ1v) is 14.4.